The summed E-state index contributed by atoms with van der Waals surface area (Å²) >= 11 is 0. The second kappa shape index (κ2) is 9.46. The molecule has 6 rings (SSSR count). The number of para-hydroxylation sites is 1. The summed E-state index contributed by atoms with van der Waals surface area (Å²) in [6.07, 6.45) is 1.09. The van der Waals surface area contributed by atoms with Gasteiger partial charge in [-0.3, -0.25) is 9.80 Å². The van der Waals surface area contributed by atoms with E-state index in [-0.39, 0.29) is 17.9 Å². The fraction of sp³-hybridized carbons (Fsp3) is 0.188. The van der Waals surface area contributed by atoms with Crippen molar-refractivity contribution >= 4 is 11.5 Å². The summed E-state index contributed by atoms with van der Waals surface area (Å²) in [5, 5.41) is 7.32. The zero-order chi connectivity index (χ0) is 24.5. The van der Waals surface area contributed by atoms with Gasteiger partial charge < -0.3 is 4.74 Å². The fourth-order valence-corrected chi connectivity index (χ4v) is 5.28. The van der Waals surface area contributed by atoms with Gasteiger partial charge in [-0.15, -0.1) is 0 Å². The molecule has 0 radical (unpaired) electrons. The van der Waals surface area contributed by atoms with Gasteiger partial charge in [0.1, 0.15) is 11.8 Å². The van der Waals surface area contributed by atoms with E-state index < -0.39 is 6.10 Å². The molecule has 0 spiro atoms. The van der Waals surface area contributed by atoms with E-state index in [1.165, 1.54) is 11.1 Å². The highest BCUT2D eigenvalue weighted by Crippen LogP contribution is 2.47. The molecular formula is C32H28N2O2. The minimum absolute atomic E-state index is 0.00196. The average Bonchev–Trinajstić information content (AvgIpc) is 3.55. The third kappa shape index (κ3) is 3.99. The molecule has 3 atom stereocenters. The van der Waals surface area contributed by atoms with Crippen molar-refractivity contribution in [3.8, 4) is 5.75 Å². The predicted octanol–water partition coefficient (Wildman–Crippen LogP) is 6.79. The lowest BCUT2D eigenvalue weighted by Gasteiger charge is -2.32. The molecule has 0 fully saturated rings. The van der Waals surface area contributed by atoms with E-state index in [0.717, 1.165) is 35.4 Å². The van der Waals surface area contributed by atoms with Crippen LogP contribution in [0.2, 0.25) is 0 Å². The van der Waals surface area contributed by atoms with E-state index in [1.54, 1.807) is 0 Å². The number of aryl methyl sites for hydroxylation is 1. The molecule has 0 saturated heterocycles. The van der Waals surface area contributed by atoms with Crippen LogP contribution in [0.25, 0.3) is 0 Å². The number of hydrogen-bond acceptors (Lipinski definition) is 4. The van der Waals surface area contributed by atoms with Crippen molar-refractivity contribution < 1.29 is 9.53 Å². The number of benzene rings is 4. The molecule has 0 aliphatic carbocycles. The normalized spacial score (nSPS) is 20.5. The Labute approximate surface area is 211 Å². The van der Waals surface area contributed by atoms with Crippen molar-refractivity contribution in [3.05, 3.63) is 137 Å². The van der Waals surface area contributed by atoms with E-state index in [1.807, 2.05) is 54.6 Å². The van der Waals surface area contributed by atoms with Gasteiger partial charge in [0.25, 0.3) is 0 Å². The van der Waals surface area contributed by atoms with E-state index >= 15 is 0 Å². The van der Waals surface area contributed by atoms with Crippen molar-refractivity contribution in [3.63, 3.8) is 0 Å². The second-order valence-electron chi connectivity index (χ2n) is 9.36. The van der Waals surface area contributed by atoms with Crippen molar-refractivity contribution in [2.45, 2.75) is 38.0 Å². The molecule has 0 aromatic heterocycles. The topological polar surface area (TPSA) is 41.9 Å². The summed E-state index contributed by atoms with van der Waals surface area (Å²) in [6.45, 7) is 2.16. The number of Topliss-reactive ketones (excluding diaryl/α,β-unsaturated/α-hetero) is 1. The summed E-state index contributed by atoms with van der Waals surface area (Å²) in [5.74, 6) is 0.721. The maximum Gasteiger partial charge on any atom is 0.205 e. The lowest BCUT2D eigenvalue weighted by Crippen LogP contribution is -2.38. The van der Waals surface area contributed by atoms with E-state index in [2.05, 4.69) is 66.5 Å². The first-order valence-electron chi connectivity index (χ1n) is 12.6. The van der Waals surface area contributed by atoms with Crippen LogP contribution >= 0.6 is 0 Å². The minimum Gasteiger partial charge on any atom is -0.479 e. The van der Waals surface area contributed by atoms with Crippen LogP contribution in [0.15, 0.2) is 114 Å². The fourth-order valence-electron chi connectivity index (χ4n) is 5.28. The zero-order valence-electron chi connectivity index (χ0n) is 20.2. The Morgan fingerprint density at radius 1 is 0.861 bits per heavy atom. The SMILES string of the molecule is CCc1ccc(C2=NN(C3c4ccccc4OC3C(=O)c3ccccc3)C(c3ccccc3)C2)cc1. The quantitative estimate of drug-likeness (QED) is 0.290. The van der Waals surface area contributed by atoms with E-state index in [4.69, 9.17) is 9.84 Å². The van der Waals surface area contributed by atoms with Crippen molar-refractivity contribution in [1.29, 1.82) is 0 Å². The largest absolute Gasteiger partial charge is 0.479 e. The Bertz CT molecular complexity index is 1400. The number of hydrogen-bond donors (Lipinski definition) is 0. The van der Waals surface area contributed by atoms with Gasteiger partial charge in [0.2, 0.25) is 5.78 Å². The van der Waals surface area contributed by atoms with E-state index in [9.17, 15) is 4.79 Å². The first-order chi connectivity index (χ1) is 17.7. The van der Waals surface area contributed by atoms with Gasteiger partial charge >= 0.3 is 0 Å². The van der Waals surface area contributed by atoms with Gasteiger partial charge in [-0.1, -0.05) is 110 Å². The van der Waals surface area contributed by atoms with Crippen LogP contribution in [-0.4, -0.2) is 22.6 Å². The third-order valence-corrected chi connectivity index (χ3v) is 7.20. The van der Waals surface area contributed by atoms with Gasteiger partial charge in [0.05, 0.1) is 11.8 Å². The molecule has 4 heteroatoms. The molecule has 2 aliphatic rings. The van der Waals surface area contributed by atoms with Crippen LogP contribution < -0.4 is 4.74 Å². The minimum atomic E-state index is -0.679. The summed E-state index contributed by atoms with van der Waals surface area (Å²) in [4.78, 5) is 13.7. The summed E-state index contributed by atoms with van der Waals surface area (Å²) < 4.78 is 6.34. The number of nitrogens with zero attached hydrogens (tertiary/aromatic N) is 2. The molecule has 2 heterocycles. The first-order valence-corrected chi connectivity index (χ1v) is 12.6. The third-order valence-electron chi connectivity index (χ3n) is 7.20. The smallest absolute Gasteiger partial charge is 0.205 e. The monoisotopic (exact) mass is 472 g/mol. The highest BCUT2D eigenvalue weighted by atomic mass is 16.5. The van der Waals surface area contributed by atoms with Crippen LogP contribution in [0.4, 0.5) is 0 Å². The Hall–Kier alpha value is -4.18. The maximum absolute atomic E-state index is 13.7. The molecule has 4 aromatic rings. The molecular weight excluding hydrogens is 444 g/mol. The van der Waals surface area contributed by atoms with Crippen molar-refractivity contribution in [1.82, 2.24) is 5.01 Å². The lowest BCUT2D eigenvalue weighted by atomic mass is 9.93. The van der Waals surface area contributed by atoms with Gasteiger partial charge in [-0.2, -0.15) is 5.10 Å². The highest BCUT2D eigenvalue weighted by Gasteiger charge is 2.47. The van der Waals surface area contributed by atoms with Crippen LogP contribution in [-0.2, 0) is 6.42 Å². The summed E-state index contributed by atoms with van der Waals surface area (Å²) in [6, 6.07) is 36.2. The first kappa shape index (κ1) is 22.3. The molecule has 178 valence electrons. The zero-order valence-corrected chi connectivity index (χ0v) is 20.2. The lowest BCUT2D eigenvalue weighted by molar-refractivity contribution is 0.0538. The number of rotatable bonds is 6. The maximum atomic E-state index is 13.7. The molecule has 0 N–H and O–H groups in total. The number of ketones is 1. The van der Waals surface area contributed by atoms with Crippen LogP contribution in [0.1, 0.15) is 58.0 Å². The molecule has 0 amide bonds. The Morgan fingerprint density at radius 2 is 1.53 bits per heavy atom. The van der Waals surface area contributed by atoms with Crippen LogP contribution in [0, 0.1) is 0 Å². The second-order valence-corrected chi connectivity index (χ2v) is 9.36. The van der Waals surface area contributed by atoms with Gasteiger partial charge in [0, 0.05) is 17.5 Å². The molecule has 3 unspecified atom stereocenters. The number of carbonyl (C=O) groups is 1. The van der Waals surface area contributed by atoms with Gasteiger partial charge in [0.15, 0.2) is 6.10 Å². The summed E-state index contributed by atoms with van der Waals surface area (Å²) in [7, 11) is 0. The number of ether oxygens (including phenoxy) is 1. The molecule has 0 saturated carbocycles. The molecule has 2 aliphatic heterocycles. The standard InChI is InChI=1S/C32H28N2O2/c1-2-22-17-19-23(20-18-22)27-21-28(24-11-5-3-6-12-24)34(33-27)30-26-15-9-10-16-29(26)36-32(30)31(35)25-13-7-4-8-14-25/h3-20,28,30,32H,2,21H2,1H3. The van der Waals surface area contributed by atoms with Crippen LogP contribution in [0.3, 0.4) is 0 Å². The van der Waals surface area contributed by atoms with Gasteiger partial charge in [-0.05, 0) is 29.2 Å². The number of fused-ring (bicyclic) bond motifs is 1. The molecule has 4 aromatic carbocycles. The number of carbonyl (C=O) groups excluding carboxylic acids is 1. The summed E-state index contributed by atoms with van der Waals surface area (Å²) in [5.41, 5.74) is 6.28. The Morgan fingerprint density at radius 3 is 2.25 bits per heavy atom. The van der Waals surface area contributed by atoms with Crippen LogP contribution in [0.5, 0.6) is 5.75 Å². The number of hydrazone groups is 1. The Balaban J connectivity index is 1.45. The molecule has 4 nitrogen and oxygen atoms in total. The van der Waals surface area contributed by atoms with E-state index in [0.29, 0.717) is 5.56 Å². The average molecular weight is 473 g/mol. The van der Waals surface area contributed by atoms with Crippen molar-refractivity contribution in [2.24, 2.45) is 5.10 Å². The van der Waals surface area contributed by atoms with Gasteiger partial charge in [-0.25, -0.2) is 0 Å². The van der Waals surface area contributed by atoms with Crippen molar-refractivity contribution in [2.75, 3.05) is 0 Å². The highest BCUT2D eigenvalue weighted by molar-refractivity contribution is 6.02. The molecule has 36 heavy (non-hydrogen) atoms. The predicted molar refractivity (Wildman–Crippen MR) is 142 cm³/mol. The molecule has 0 bridgehead atoms. The Kier molecular flexibility index (Phi) is 5.86.